The number of hydrogen-bond donors (Lipinski definition) is 1. The van der Waals surface area contributed by atoms with Gasteiger partial charge in [-0.05, 0) is 12.1 Å². The van der Waals surface area contributed by atoms with Gasteiger partial charge in [0.1, 0.15) is 16.5 Å². The molecule has 3 rings (SSSR count). The Kier molecular flexibility index (Phi) is 5.08. The van der Waals surface area contributed by atoms with Crippen LogP contribution < -0.4 is 5.73 Å². The largest absolute Gasteiger partial charge is 0.338 e. The Balaban J connectivity index is 1.64. The highest BCUT2D eigenvalue weighted by molar-refractivity contribution is 7.89. The molecule has 1 aliphatic heterocycles. The first kappa shape index (κ1) is 17.9. The molecule has 1 aromatic heterocycles. The third-order valence-corrected chi connectivity index (χ3v) is 5.82. The molecular weight excluding hydrogens is 356 g/mol. The van der Waals surface area contributed by atoms with E-state index in [2.05, 4.69) is 10.1 Å². The van der Waals surface area contributed by atoms with Gasteiger partial charge in [-0.1, -0.05) is 5.16 Å². The average molecular weight is 373 g/mol. The van der Waals surface area contributed by atoms with Gasteiger partial charge < -0.3 is 10.3 Å². The summed E-state index contributed by atoms with van der Waals surface area (Å²) in [5.74, 6) is -1.11. The predicted molar refractivity (Wildman–Crippen MR) is 82.6 cm³/mol. The quantitative estimate of drug-likeness (QED) is 0.804. The minimum Gasteiger partial charge on any atom is -0.338 e. The lowest BCUT2D eigenvalue weighted by Gasteiger charge is -2.33. The molecule has 1 aromatic carbocycles. The fourth-order valence-corrected chi connectivity index (χ4v) is 4.06. The van der Waals surface area contributed by atoms with Crippen LogP contribution in [0.25, 0.3) is 0 Å². The van der Waals surface area contributed by atoms with E-state index in [1.165, 1.54) is 4.31 Å². The number of sulfonamides is 1. The van der Waals surface area contributed by atoms with Gasteiger partial charge in [-0.25, -0.2) is 17.2 Å². The van der Waals surface area contributed by atoms with Gasteiger partial charge in [-0.3, -0.25) is 4.90 Å². The molecule has 0 unspecified atom stereocenters. The van der Waals surface area contributed by atoms with E-state index in [0.717, 1.165) is 12.1 Å². The lowest BCUT2D eigenvalue weighted by Crippen LogP contribution is -2.48. The smallest absolute Gasteiger partial charge is 0.246 e. The molecule has 1 saturated heterocycles. The van der Waals surface area contributed by atoms with E-state index < -0.39 is 26.6 Å². The summed E-state index contributed by atoms with van der Waals surface area (Å²) in [5, 5.41) is 3.79. The maximum absolute atomic E-state index is 13.8. The van der Waals surface area contributed by atoms with Crippen molar-refractivity contribution in [2.45, 2.75) is 18.0 Å². The topological polar surface area (TPSA) is 106 Å². The number of benzene rings is 1. The Hall–Kier alpha value is -1.95. The molecule has 1 fully saturated rings. The van der Waals surface area contributed by atoms with Gasteiger partial charge in [-0.15, -0.1) is 0 Å². The second-order valence-electron chi connectivity index (χ2n) is 5.56. The Morgan fingerprint density at radius 2 is 1.92 bits per heavy atom. The molecule has 2 heterocycles. The highest BCUT2D eigenvalue weighted by Crippen LogP contribution is 2.21. The van der Waals surface area contributed by atoms with Gasteiger partial charge in [-0.2, -0.15) is 9.29 Å². The molecule has 8 nitrogen and oxygen atoms in total. The lowest BCUT2D eigenvalue weighted by atomic mass is 10.3. The Morgan fingerprint density at radius 3 is 2.52 bits per heavy atom. The number of halogens is 2. The summed E-state index contributed by atoms with van der Waals surface area (Å²) >= 11 is 0. The number of aromatic nitrogens is 2. The third-order valence-electron chi connectivity index (χ3n) is 3.89. The van der Waals surface area contributed by atoms with E-state index >= 15 is 0 Å². The highest BCUT2D eigenvalue weighted by atomic mass is 32.2. The molecule has 1 aliphatic rings. The lowest BCUT2D eigenvalue weighted by molar-refractivity contribution is 0.176. The van der Waals surface area contributed by atoms with E-state index in [9.17, 15) is 17.2 Å². The first-order valence-corrected chi connectivity index (χ1v) is 9.03. The highest BCUT2D eigenvalue weighted by Gasteiger charge is 2.31. The summed E-state index contributed by atoms with van der Waals surface area (Å²) in [4.78, 5) is 5.53. The summed E-state index contributed by atoms with van der Waals surface area (Å²) in [6, 6.07) is 2.44. The summed E-state index contributed by atoms with van der Waals surface area (Å²) in [6.07, 6.45) is 0. The van der Waals surface area contributed by atoms with Gasteiger partial charge in [0.15, 0.2) is 5.82 Å². The van der Waals surface area contributed by atoms with Crippen molar-refractivity contribution in [2.24, 2.45) is 5.73 Å². The molecule has 0 saturated carbocycles. The standard InChI is InChI=1S/C14H17F2N5O3S/c15-10-1-2-12(11(16)7-10)25(22,23)21-5-3-20(4-6-21)9-13-18-14(8-17)24-19-13/h1-2,7H,3-6,8-9,17H2. The van der Waals surface area contributed by atoms with Gasteiger partial charge in [0.05, 0.1) is 13.1 Å². The predicted octanol–water partition coefficient (Wildman–Crippen LogP) is 0.313. The fraction of sp³-hybridized carbons (Fsp3) is 0.429. The molecule has 0 radical (unpaired) electrons. The van der Waals surface area contributed by atoms with Gasteiger partial charge in [0.2, 0.25) is 15.9 Å². The number of hydrogen-bond acceptors (Lipinski definition) is 7. The third kappa shape index (κ3) is 3.84. The number of nitrogens with zero attached hydrogens (tertiary/aromatic N) is 4. The fourth-order valence-electron chi connectivity index (χ4n) is 2.59. The van der Waals surface area contributed by atoms with E-state index in [0.29, 0.717) is 37.4 Å². The normalized spacial score (nSPS) is 17.1. The van der Waals surface area contributed by atoms with Gasteiger partial charge in [0.25, 0.3) is 0 Å². The Morgan fingerprint density at radius 1 is 1.20 bits per heavy atom. The van der Waals surface area contributed by atoms with Crippen molar-refractivity contribution in [3.63, 3.8) is 0 Å². The Bertz CT molecular complexity index is 850. The summed E-state index contributed by atoms with van der Waals surface area (Å²) < 4.78 is 57.9. The van der Waals surface area contributed by atoms with Gasteiger partial charge in [0, 0.05) is 32.2 Å². The monoisotopic (exact) mass is 373 g/mol. The van der Waals surface area contributed by atoms with Crippen LogP contribution in [0.15, 0.2) is 27.6 Å². The second-order valence-corrected chi connectivity index (χ2v) is 7.47. The molecule has 0 aliphatic carbocycles. The maximum atomic E-state index is 13.8. The minimum atomic E-state index is -4.01. The Labute approximate surface area is 143 Å². The summed E-state index contributed by atoms with van der Waals surface area (Å²) in [6.45, 7) is 1.77. The van der Waals surface area contributed by atoms with Crippen LogP contribution in [0.5, 0.6) is 0 Å². The molecular formula is C14H17F2N5O3S. The van der Waals surface area contributed by atoms with E-state index in [1.54, 1.807) is 0 Å². The van der Waals surface area contributed by atoms with Crippen LogP contribution in [0.2, 0.25) is 0 Å². The van der Waals surface area contributed by atoms with Crippen LogP contribution in [0.3, 0.4) is 0 Å². The van der Waals surface area contributed by atoms with Crippen LogP contribution in [0.1, 0.15) is 11.7 Å². The minimum absolute atomic E-state index is 0.155. The molecule has 0 amide bonds. The van der Waals surface area contributed by atoms with Crippen molar-refractivity contribution >= 4 is 10.0 Å². The van der Waals surface area contributed by atoms with E-state index in [-0.39, 0.29) is 19.6 Å². The molecule has 11 heteroatoms. The molecule has 2 aromatic rings. The maximum Gasteiger partial charge on any atom is 0.246 e. The van der Waals surface area contributed by atoms with Crippen molar-refractivity contribution in [3.8, 4) is 0 Å². The van der Waals surface area contributed by atoms with Crippen molar-refractivity contribution in [2.75, 3.05) is 26.2 Å². The zero-order chi connectivity index (χ0) is 18.0. The summed E-state index contributed by atoms with van der Waals surface area (Å²) in [7, 11) is -4.01. The molecule has 2 N–H and O–H groups in total. The van der Waals surface area contributed by atoms with Crippen molar-refractivity contribution < 1.29 is 21.7 Å². The molecule has 25 heavy (non-hydrogen) atoms. The van der Waals surface area contributed by atoms with Crippen molar-refractivity contribution in [3.05, 3.63) is 41.5 Å². The van der Waals surface area contributed by atoms with Gasteiger partial charge >= 0.3 is 0 Å². The van der Waals surface area contributed by atoms with Crippen LogP contribution in [-0.2, 0) is 23.1 Å². The van der Waals surface area contributed by atoms with Crippen molar-refractivity contribution in [1.82, 2.24) is 19.3 Å². The molecule has 0 atom stereocenters. The summed E-state index contributed by atoms with van der Waals surface area (Å²) in [5.41, 5.74) is 5.40. The number of piperazine rings is 1. The van der Waals surface area contributed by atoms with E-state index in [4.69, 9.17) is 10.3 Å². The molecule has 0 bridgehead atoms. The van der Waals surface area contributed by atoms with Crippen LogP contribution >= 0.6 is 0 Å². The number of nitrogens with two attached hydrogens (primary N) is 1. The van der Waals surface area contributed by atoms with Crippen LogP contribution in [0, 0.1) is 11.6 Å². The second kappa shape index (κ2) is 7.12. The van der Waals surface area contributed by atoms with Crippen molar-refractivity contribution in [1.29, 1.82) is 0 Å². The first-order chi connectivity index (χ1) is 11.9. The zero-order valence-electron chi connectivity index (χ0n) is 13.2. The zero-order valence-corrected chi connectivity index (χ0v) is 14.0. The van der Waals surface area contributed by atoms with E-state index in [1.807, 2.05) is 4.90 Å². The SMILES string of the molecule is NCc1nc(CN2CCN(S(=O)(=O)c3ccc(F)cc3F)CC2)no1. The van der Waals surface area contributed by atoms with Crippen LogP contribution in [-0.4, -0.2) is 53.9 Å². The van der Waals surface area contributed by atoms with Crippen LogP contribution in [0.4, 0.5) is 8.78 Å². The average Bonchev–Trinajstić information content (AvgIpc) is 3.02. The first-order valence-electron chi connectivity index (χ1n) is 7.59. The molecule has 0 spiro atoms. The molecule has 136 valence electrons. The number of rotatable bonds is 5.